The summed E-state index contributed by atoms with van der Waals surface area (Å²) >= 11 is 8.19. The number of rotatable bonds is 2. The Morgan fingerprint density at radius 3 is 2.36 bits per heavy atom. The van der Waals surface area contributed by atoms with Crippen LogP contribution in [0.25, 0.3) is 0 Å². The Bertz CT molecular complexity index is 806. The first-order valence-corrected chi connectivity index (χ1v) is 8.36. The second-order valence-corrected chi connectivity index (χ2v) is 7.69. The average Bonchev–Trinajstić information content (AvgIpc) is 2.83. The van der Waals surface area contributed by atoms with Crippen molar-refractivity contribution < 1.29 is 30.6 Å². The van der Waals surface area contributed by atoms with Crippen molar-refractivity contribution in [3.05, 3.63) is 39.9 Å². The molecule has 1 aromatic carbocycles. The maximum Gasteiger partial charge on any atom is 0.475 e. The molecule has 1 aliphatic heterocycles. The minimum atomic E-state index is -5.20. The van der Waals surface area contributed by atoms with Gasteiger partial charge in [-0.05, 0) is 34.1 Å². The monoisotopic (exact) mass is 467 g/mol. The van der Waals surface area contributed by atoms with Crippen LogP contribution in [0.1, 0.15) is 5.56 Å². The fraction of sp³-hybridized carbons (Fsp3) is 0.250. The summed E-state index contributed by atoms with van der Waals surface area (Å²) in [7, 11) is -3.63. The van der Waals surface area contributed by atoms with Crippen molar-refractivity contribution in [2.24, 2.45) is 0 Å². The topological polar surface area (TPSA) is 56.1 Å². The Balaban J connectivity index is 2.59. The number of nitrogens with zero attached hydrogens (tertiary/aromatic N) is 2. The van der Waals surface area contributed by atoms with Gasteiger partial charge >= 0.3 is 11.7 Å². The van der Waals surface area contributed by atoms with E-state index in [-0.39, 0.29) is 5.02 Å². The number of benzene rings is 1. The molecule has 0 aliphatic carbocycles. The first-order chi connectivity index (χ1) is 11.3. The van der Waals surface area contributed by atoms with Gasteiger partial charge < -0.3 is 0 Å². The highest BCUT2D eigenvalue weighted by Gasteiger charge is 2.51. The Morgan fingerprint density at radius 1 is 1.28 bits per heavy atom. The van der Waals surface area contributed by atoms with E-state index in [9.17, 15) is 30.6 Å². The van der Waals surface area contributed by atoms with Crippen molar-refractivity contribution in [3.8, 4) is 6.07 Å². The largest absolute Gasteiger partial charge is 0.475 e. The van der Waals surface area contributed by atoms with Gasteiger partial charge in [-0.1, -0.05) is 11.6 Å². The second-order valence-electron chi connectivity index (χ2n) is 4.62. The van der Waals surface area contributed by atoms with E-state index in [0.29, 0.717) is 17.3 Å². The lowest BCUT2D eigenvalue weighted by Gasteiger charge is -2.24. The normalized spacial score (nSPS) is 22.5. The third kappa shape index (κ3) is 3.94. The Morgan fingerprint density at radius 2 is 1.88 bits per heavy atom. The predicted octanol–water partition coefficient (Wildman–Crippen LogP) is 4.41. The van der Waals surface area contributed by atoms with Gasteiger partial charge in [0.05, 0.1) is 16.2 Å². The van der Waals surface area contributed by atoms with Crippen LogP contribution in [0.4, 0.5) is 32.0 Å². The van der Waals surface area contributed by atoms with Crippen molar-refractivity contribution in [1.82, 2.24) is 5.43 Å². The SMILES string of the molecule is N#CC1(Br)NN(c2ccc(Cl)cc2C(F)(F)F)C=C1S(=O)C(F)(F)F. The van der Waals surface area contributed by atoms with Crippen LogP contribution in [0.3, 0.4) is 0 Å². The van der Waals surface area contributed by atoms with Gasteiger partial charge in [0.2, 0.25) is 4.45 Å². The lowest BCUT2D eigenvalue weighted by Crippen LogP contribution is -2.44. The minimum Gasteiger partial charge on any atom is -0.280 e. The molecule has 0 radical (unpaired) electrons. The number of nitrogens with one attached hydrogen (secondary N) is 1. The van der Waals surface area contributed by atoms with Crippen molar-refractivity contribution >= 4 is 44.0 Å². The quantitative estimate of drug-likeness (QED) is 0.397. The molecule has 1 heterocycles. The zero-order valence-corrected chi connectivity index (χ0v) is 14.7. The van der Waals surface area contributed by atoms with E-state index < -0.39 is 43.1 Å². The smallest absolute Gasteiger partial charge is 0.280 e. The lowest BCUT2D eigenvalue weighted by molar-refractivity contribution is -0.137. The molecule has 1 aliphatic rings. The Kier molecular flexibility index (Phi) is 5.17. The highest BCUT2D eigenvalue weighted by molar-refractivity contribution is 9.10. The van der Waals surface area contributed by atoms with E-state index in [4.69, 9.17) is 16.9 Å². The third-order valence-electron chi connectivity index (χ3n) is 2.95. The summed E-state index contributed by atoms with van der Waals surface area (Å²) in [4.78, 5) is -0.995. The molecule has 2 rings (SSSR count). The molecule has 0 saturated heterocycles. The summed E-state index contributed by atoms with van der Waals surface area (Å²) in [6.45, 7) is 0. The second kappa shape index (κ2) is 6.46. The minimum absolute atomic E-state index is 0.247. The molecular formula is C12H5BrClF6N3OS. The maximum atomic E-state index is 13.2. The maximum absolute atomic E-state index is 13.2. The van der Waals surface area contributed by atoms with Crippen LogP contribution in [0.2, 0.25) is 5.02 Å². The standard InChI is InChI=1S/C12H5BrClF6N3OS/c13-10(5-21)9(25(24)12(18,19)20)4-23(22-10)8-2-1-6(14)3-7(8)11(15,16)17/h1-4,22H. The van der Waals surface area contributed by atoms with E-state index in [1.54, 1.807) is 0 Å². The predicted molar refractivity (Wildman–Crippen MR) is 81.6 cm³/mol. The molecular weight excluding hydrogens is 464 g/mol. The summed E-state index contributed by atoms with van der Waals surface area (Å²) < 4.78 is 86.9. The molecule has 0 aromatic heterocycles. The van der Waals surface area contributed by atoms with Gasteiger partial charge in [-0.15, -0.1) is 0 Å². The lowest BCUT2D eigenvalue weighted by atomic mass is 10.1. The summed E-state index contributed by atoms with van der Waals surface area (Å²) in [5.74, 6) is 0. The van der Waals surface area contributed by atoms with E-state index in [2.05, 4.69) is 21.4 Å². The first-order valence-electron chi connectivity index (χ1n) is 6.04. The third-order valence-corrected chi connectivity index (χ3v) is 5.46. The molecule has 0 bridgehead atoms. The molecule has 0 saturated carbocycles. The highest BCUT2D eigenvalue weighted by Crippen LogP contribution is 2.43. The fourth-order valence-corrected chi connectivity index (χ4v) is 3.62. The van der Waals surface area contributed by atoms with Gasteiger partial charge in [0, 0.05) is 11.2 Å². The van der Waals surface area contributed by atoms with Crippen LogP contribution < -0.4 is 10.4 Å². The molecule has 4 nitrogen and oxygen atoms in total. The average molecular weight is 469 g/mol. The molecule has 0 amide bonds. The molecule has 0 spiro atoms. The molecule has 25 heavy (non-hydrogen) atoms. The van der Waals surface area contributed by atoms with Gasteiger partial charge in [0.1, 0.15) is 6.07 Å². The zero-order chi connectivity index (χ0) is 19.2. The zero-order valence-electron chi connectivity index (χ0n) is 11.5. The van der Waals surface area contributed by atoms with E-state index in [1.165, 1.54) is 6.07 Å². The summed E-state index contributed by atoms with van der Waals surface area (Å²) in [6, 6.07) is 3.97. The number of halogens is 8. The van der Waals surface area contributed by atoms with Gasteiger partial charge in [0.25, 0.3) is 0 Å². The number of alkyl halides is 7. The van der Waals surface area contributed by atoms with Gasteiger partial charge in [-0.3, -0.25) is 5.01 Å². The van der Waals surface area contributed by atoms with Crippen molar-refractivity contribution in [2.75, 3.05) is 5.01 Å². The first kappa shape index (κ1) is 20.0. The summed E-state index contributed by atoms with van der Waals surface area (Å²) in [6.07, 6.45) is -4.34. The summed E-state index contributed by atoms with van der Waals surface area (Å²) in [5, 5.41) is 9.37. The van der Waals surface area contributed by atoms with Crippen molar-refractivity contribution in [2.45, 2.75) is 16.1 Å². The van der Waals surface area contributed by atoms with Gasteiger partial charge in [-0.25, -0.2) is 4.21 Å². The molecule has 2 unspecified atom stereocenters. The molecule has 1 N–H and O–H groups in total. The number of nitriles is 1. The van der Waals surface area contributed by atoms with Crippen LogP contribution in [0, 0.1) is 11.3 Å². The van der Waals surface area contributed by atoms with Crippen LogP contribution in [-0.2, 0) is 17.0 Å². The number of hydrogen-bond donors (Lipinski definition) is 1. The van der Waals surface area contributed by atoms with Crippen LogP contribution in [0.15, 0.2) is 29.3 Å². The molecule has 0 fully saturated rings. The number of hydrogen-bond acceptors (Lipinski definition) is 4. The van der Waals surface area contributed by atoms with Crippen LogP contribution in [0.5, 0.6) is 0 Å². The Hall–Kier alpha value is -1.29. The Labute approximate surface area is 152 Å². The molecule has 13 heteroatoms. The number of anilines is 1. The van der Waals surface area contributed by atoms with Crippen LogP contribution >= 0.6 is 27.5 Å². The van der Waals surface area contributed by atoms with E-state index in [0.717, 1.165) is 12.1 Å². The highest BCUT2D eigenvalue weighted by atomic mass is 79.9. The van der Waals surface area contributed by atoms with Crippen molar-refractivity contribution in [3.63, 3.8) is 0 Å². The number of hydrazine groups is 1. The van der Waals surface area contributed by atoms with Crippen molar-refractivity contribution in [1.29, 1.82) is 5.26 Å². The van der Waals surface area contributed by atoms with E-state index in [1.807, 2.05) is 0 Å². The van der Waals surface area contributed by atoms with Crippen LogP contribution in [-0.4, -0.2) is 14.2 Å². The molecule has 2 atom stereocenters. The molecule has 136 valence electrons. The van der Waals surface area contributed by atoms with Gasteiger partial charge in [0.15, 0.2) is 10.8 Å². The molecule has 1 aromatic rings. The summed E-state index contributed by atoms with van der Waals surface area (Å²) in [5.41, 5.74) is -4.95. The van der Waals surface area contributed by atoms with Gasteiger partial charge in [-0.2, -0.15) is 37.0 Å². The van der Waals surface area contributed by atoms with E-state index >= 15 is 0 Å². The fourth-order valence-electron chi connectivity index (χ4n) is 1.92.